The minimum Gasteiger partial charge on any atom is -0.371 e. The molecular formula is C14H19Br2N. The number of rotatable bonds is 4. The standard InChI is InChI=1S/C14H19Br2N/c1-2-3-11-6-7-17(10-11)14-5-4-13(16)8-12(14)9-15/h4-5,8,11H,2-3,6-7,9-10H2,1H3. The number of hydrogen-bond donors (Lipinski definition) is 0. The van der Waals surface area contributed by atoms with Crippen LogP contribution in [0.1, 0.15) is 31.7 Å². The second-order valence-electron chi connectivity index (χ2n) is 4.80. The SMILES string of the molecule is CCCC1CCN(c2ccc(Br)cc2CBr)C1. The molecule has 1 unspecified atom stereocenters. The Hall–Kier alpha value is -0.0200. The van der Waals surface area contributed by atoms with Gasteiger partial charge in [-0.2, -0.15) is 0 Å². The van der Waals surface area contributed by atoms with Gasteiger partial charge in [0.05, 0.1) is 0 Å². The van der Waals surface area contributed by atoms with Gasteiger partial charge < -0.3 is 4.90 Å². The van der Waals surface area contributed by atoms with Gasteiger partial charge >= 0.3 is 0 Å². The lowest BCUT2D eigenvalue weighted by molar-refractivity contribution is 0.530. The lowest BCUT2D eigenvalue weighted by atomic mass is 10.0. The van der Waals surface area contributed by atoms with E-state index in [-0.39, 0.29) is 0 Å². The molecule has 3 heteroatoms. The highest BCUT2D eigenvalue weighted by Crippen LogP contribution is 2.31. The molecule has 0 aromatic heterocycles. The van der Waals surface area contributed by atoms with Crippen LogP contribution in [0.15, 0.2) is 22.7 Å². The van der Waals surface area contributed by atoms with Crippen LogP contribution in [0.2, 0.25) is 0 Å². The van der Waals surface area contributed by atoms with Crippen LogP contribution in [0, 0.1) is 5.92 Å². The van der Waals surface area contributed by atoms with Gasteiger partial charge in [0, 0.05) is 28.6 Å². The van der Waals surface area contributed by atoms with Crippen molar-refractivity contribution >= 4 is 37.5 Å². The molecule has 2 rings (SSSR count). The first-order valence-corrected chi connectivity index (χ1v) is 8.25. The van der Waals surface area contributed by atoms with Crippen molar-refractivity contribution in [2.45, 2.75) is 31.5 Å². The van der Waals surface area contributed by atoms with Gasteiger partial charge in [-0.3, -0.25) is 0 Å². The quantitative estimate of drug-likeness (QED) is 0.685. The van der Waals surface area contributed by atoms with E-state index in [9.17, 15) is 0 Å². The number of benzene rings is 1. The number of nitrogens with zero attached hydrogens (tertiary/aromatic N) is 1. The van der Waals surface area contributed by atoms with E-state index < -0.39 is 0 Å². The normalized spacial score (nSPS) is 19.9. The Kier molecular flexibility index (Phi) is 4.92. The van der Waals surface area contributed by atoms with Gasteiger partial charge in [0.1, 0.15) is 0 Å². The van der Waals surface area contributed by atoms with Gasteiger partial charge in [0.2, 0.25) is 0 Å². The molecule has 1 aliphatic rings. The Balaban J connectivity index is 2.12. The Morgan fingerprint density at radius 1 is 1.41 bits per heavy atom. The molecule has 0 spiro atoms. The lowest BCUT2D eigenvalue weighted by Crippen LogP contribution is -2.20. The molecule has 17 heavy (non-hydrogen) atoms. The molecule has 1 heterocycles. The summed E-state index contributed by atoms with van der Waals surface area (Å²) in [5.41, 5.74) is 2.79. The molecule has 1 fully saturated rings. The van der Waals surface area contributed by atoms with Crippen molar-refractivity contribution in [1.82, 2.24) is 0 Å². The highest BCUT2D eigenvalue weighted by atomic mass is 79.9. The minimum atomic E-state index is 0.895. The van der Waals surface area contributed by atoms with Gasteiger partial charge in [-0.05, 0) is 42.5 Å². The third-order valence-electron chi connectivity index (χ3n) is 3.51. The van der Waals surface area contributed by atoms with Crippen molar-refractivity contribution in [2.75, 3.05) is 18.0 Å². The molecule has 1 saturated heterocycles. The van der Waals surface area contributed by atoms with Gasteiger partial charge in [0.25, 0.3) is 0 Å². The molecular weight excluding hydrogens is 342 g/mol. The summed E-state index contributed by atoms with van der Waals surface area (Å²) in [4.78, 5) is 2.54. The summed E-state index contributed by atoms with van der Waals surface area (Å²) in [7, 11) is 0. The Morgan fingerprint density at radius 2 is 2.24 bits per heavy atom. The van der Waals surface area contributed by atoms with Crippen molar-refractivity contribution in [3.8, 4) is 0 Å². The molecule has 0 amide bonds. The summed E-state index contributed by atoms with van der Waals surface area (Å²) >= 11 is 7.13. The second kappa shape index (κ2) is 6.24. The molecule has 0 bridgehead atoms. The van der Waals surface area contributed by atoms with Crippen LogP contribution in [0.25, 0.3) is 0 Å². The summed E-state index contributed by atoms with van der Waals surface area (Å²) in [5.74, 6) is 0.895. The zero-order valence-electron chi connectivity index (χ0n) is 10.3. The molecule has 1 nitrogen and oxygen atoms in total. The monoisotopic (exact) mass is 359 g/mol. The second-order valence-corrected chi connectivity index (χ2v) is 6.27. The molecule has 1 aromatic carbocycles. The van der Waals surface area contributed by atoms with Gasteiger partial charge in [0.15, 0.2) is 0 Å². The van der Waals surface area contributed by atoms with Crippen molar-refractivity contribution in [2.24, 2.45) is 5.92 Å². The van der Waals surface area contributed by atoms with Gasteiger partial charge in [-0.1, -0.05) is 45.2 Å². The predicted octanol–water partition coefficient (Wildman–Crippen LogP) is 4.97. The minimum absolute atomic E-state index is 0.895. The van der Waals surface area contributed by atoms with Gasteiger partial charge in [-0.15, -0.1) is 0 Å². The number of alkyl halides is 1. The molecule has 0 saturated carbocycles. The van der Waals surface area contributed by atoms with E-state index in [4.69, 9.17) is 0 Å². The zero-order chi connectivity index (χ0) is 12.3. The van der Waals surface area contributed by atoms with Crippen LogP contribution in [0.4, 0.5) is 5.69 Å². The van der Waals surface area contributed by atoms with Gasteiger partial charge in [-0.25, -0.2) is 0 Å². The third-order valence-corrected chi connectivity index (χ3v) is 4.61. The Morgan fingerprint density at radius 3 is 2.94 bits per heavy atom. The summed E-state index contributed by atoms with van der Waals surface area (Å²) in [6.07, 6.45) is 4.03. The molecule has 94 valence electrons. The van der Waals surface area contributed by atoms with E-state index in [2.05, 4.69) is 61.9 Å². The molecule has 0 radical (unpaired) electrons. The van der Waals surface area contributed by atoms with Crippen LogP contribution in [-0.4, -0.2) is 13.1 Å². The van der Waals surface area contributed by atoms with Crippen LogP contribution >= 0.6 is 31.9 Å². The summed E-state index contributed by atoms with van der Waals surface area (Å²) < 4.78 is 1.17. The molecule has 0 aliphatic carbocycles. The maximum Gasteiger partial charge on any atom is 0.0408 e. The highest BCUT2D eigenvalue weighted by Gasteiger charge is 2.23. The molecule has 1 aromatic rings. The fourth-order valence-corrected chi connectivity index (χ4v) is 3.52. The summed E-state index contributed by atoms with van der Waals surface area (Å²) in [6, 6.07) is 6.61. The van der Waals surface area contributed by atoms with Crippen LogP contribution in [0.3, 0.4) is 0 Å². The van der Waals surface area contributed by atoms with Crippen LogP contribution < -0.4 is 4.90 Å². The van der Waals surface area contributed by atoms with E-state index >= 15 is 0 Å². The van der Waals surface area contributed by atoms with Crippen molar-refractivity contribution in [3.05, 3.63) is 28.2 Å². The van der Waals surface area contributed by atoms with E-state index in [1.54, 1.807) is 0 Å². The van der Waals surface area contributed by atoms with Crippen molar-refractivity contribution in [3.63, 3.8) is 0 Å². The summed E-state index contributed by atoms with van der Waals surface area (Å²) in [6.45, 7) is 4.73. The first kappa shape index (κ1) is 13.4. The molecule has 0 N–H and O–H groups in total. The molecule has 1 aliphatic heterocycles. The van der Waals surface area contributed by atoms with Crippen molar-refractivity contribution in [1.29, 1.82) is 0 Å². The maximum atomic E-state index is 3.59. The lowest BCUT2D eigenvalue weighted by Gasteiger charge is -2.21. The fourth-order valence-electron chi connectivity index (χ4n) is 2.66. The van der Waals surface area contributed by atoms with E-state index in [1.165, 1.54) is 48.1 Å². The predicted molar refractivity (Wildman–Crippen MR) is 82.0 cm³/mol. The average molecular weight is 361 g/mol. The first-order chi connectivity index (χ1) is 8.24. The Bertz CT molecular complexity index is 378. The average Bonchev–Trinajstić information content (AvgIpc) is 2.78. The van der Waals surface area contributed by atoms with E-state index in [1.807, 2.05) is 0 Å². The topological polar surface area (TPSA) is 3.24 Å². The van der Waals surface area contributed by atoms with E-state index in [0.717, 1.165) is 11.2 Å². The highest BCUT2D eigenvalue weighted by molar-refractivity contribution is 9.10. The zero-order valence-corrected chi connectivity index (χ0v) is 13.4. The number of halogens is 2. The largest absolute Gasteiger partial charge is 0.371 e. The van der Waals surface area contributed by atoms with Crippen LogP contribution in [0.5, 0.6) is 0 Å². The maximum absolute atomic E-state index is 3.59. The number of hydrogen-bond acceptors (Lipinski definition) is 1. The fraction of sp³-hybridized carbons (Fsp3) is 0.571. The smallest absolute Gasteiger partial charge is 0.0408 e. The first-order valence-electron chi connectivity index (χ1n) is 6.34. The number of anilines is 1. The molecule has 1 atom stereocenters. The van der Waals surface area contributed by atoms with Crippen LogP contribution in [-0.2, 0) is 5.33 Å². The Labute approximate surface area is 121 Å². The third kappa shape index (κ3) is 3.25. The summed E-state index contributed by atoms with van der Waals surface area (Å²) in [5, 5.41) is 0.927. The van der Waals surface area contributed by atoms with Crippen molar-refractivity contribution < 1.29 is 0 Å². The van der Waals surface area contributed by atoms with E-state index in [0.29, 0.717) is 0 Å².